The lowest BCUT2D eigenvalue weighted by molar-refractivity contribution is -0.122. The molecule has 0 aliphatic heterocycles. The zero-order valence-electron chi connectivity index (χ0n) is 14.6. The first-order chi connectivity index (χ1) is 11.9. The first-order valence-corrected chi connectivity index (χ1v) is 9.54. The second-order valence-corrected chi connectivity index (χ2v) is 7.85. The molecule has 0 saturated heterocycles. The summed E-state index contributed by atoms with van der Waals surface area (Å²) in [6.45, 7) is 3.91. The molecule has 0 radical (unpaired) electrons. The van der Waals surface area contributed by atoms with Crippen LogP contribution in [0.3, 0.4) is 0 Å². The van der Waals surface area contributed by atoms with Crippen molar-refractivity contribution in [2.24, 2.45) is 11.7 Å². The van der Waals surface area contributed by atoms with Gasteiger partial charge in [0.05, 0.1) is 16.6 Å². The van der Waals surface area contributed by atoms with E-state index in [1.165, 1.54) is 23.5 Å². The fraction of sp³-hybridized carbons (Fsp3) is 0.474. The number of carbonyl (C=O) groups excluding carboxylic acids is 1. The summed E-state index contributed by atoms with van der Waals surface area (Å²) in [7, 11) is 0. The molecular formula is C19H24FN3OS. The van der Waals surface area contributed by atoms with Gasteiger partial charge < -0.3 is 11.1 Å². The zero-order chi connectivity index (χ0) is 18.0. The van der Waals surface area contributed by atoms with Crippen LogP contribution >= 0.6 is 11.3 Å². The van der Waals surface area contributed by atoms with E-state index in [4.69, 9.17) is 5.73 Å². The minimum Gasteiger partial charge on any atom is -0.349 e. The molecule has 1 aliphatic carbocycles. The van der Waals surface area contributed by atoms with Crippen molar-refractivity contribution >= 4 is 17.2 Å². The Morgan fingerprint density at radius 3 is 2.76 bits per heavy atom. The van der Waals surface area contributed by atoms with Gasteiger partial charge in [-0.15, -0.1) is 11.3 Å². The standard InChI is InChI=1S/C19H24FN3OS/c1-11(22-17(24)10-14-4-3-5-16(14)21)18-12(2)23-19(25-18)13-6-8-15(20)9-7-13/h6-9,11,14,16H,3-5,10,21H2,1-2H3,(H,22,24)/t11?,14-,16+/m0/s1. The molecule has 2 aromatic rings. The first kappa shape index (κ1) is 18.0. The quantitative estimate of drug-likeness (QED) is 0.847. The maximum Gasteiger partial charge on any atom is 0.220 e. The number of nitrogens with zero attached hydrogens (tertiary/aromatic N) is 1. The molecule has 1 fully saturated rings. The molecule has 0 bridgehead atoms. The Labute approximate surface area is 151 Å². The number of amides is 1. The lowest BCUT2D eigenvalue weighted by atomic mass is 9.99. The van der Waals surface area contributed by atoms with Crippen LogP contribution in [-0.4, -0.2) is 16.9 Å². The number of aromatic nitrogens is 1. The van der Waals surface area contributed by atoms with Crippen molar-refractivity contribution in [3.05, 3.63) is 40.7 Å². The molecule has 3 rings (SSSR count). The van der Waals surface area contributed by atoms with Crippen LogP contribution < -0.4 is 11.1 Å². The maximum atomic E-state index is 13.1. The Bertz CT molecular complexity index is 744. The van der Waals surface area contributed by atoms with E-state index in [1.807, 2.05) is 13.8 Å². The molecule has 4 nitrogen and oxygen atoms in total. The van der Waals surface area contributed by atoms with Crippen molar-refractivity contribution < 1.29 is 9.18 Å². The average molecular weight is 361 g/mol. The number of hydrogen-bond acceptors (Lipinski definition) is 4. The molecule has 1 unspecified atom stereocenters. The van der Waals surface area contributed by atoms with E-state index >= 15 is 0 Å². The van der Waals surface area contributed by atoms with Crippen molar-refractivity contribution in [3.8, 4) is 10.6 Å². The third-order valence-electron chi connectivity index (χ3n) is 4.86. The molecule has 3 atom stereocenters. The van der Waals surface area contributed by atoms with Gasteiger partial charge in [-0.05, 0) is 56.9 Å². The van der Waals surface area contributed by atoms with Crippen molar-refractivity contribution in [1.82, 2.24) is 10.3 Å². The smallest absolute Gasteiger partial charge is 0.220 e. The number of benzene rings is 1. The van der Waals surface area contributed by atoms with Crippen molar-refractivity contribution in [1.29, 1.82) is 0 Å². The van der Waals surface area contributed by atoms with Crippen LogP contribution in [0.5, 0.6) is 0 Å². The van der Waals surface area contributed by atoms with Crippen LogP contribution in [0.2, 0.25) is 0 Å². The Kier molecular flexibility index (Phi) is 5.49. The largest absolute Gasteiger partial charge is 0.349 e. The minimum absolute atomic E-state index is 0.0472. The van der Waals surface area contributed by atoms with Gasteiger partial charge in [0.25, 0.3) is 0 Å². The number of nitrogens with two attached hydrogens (primary N) is 1. The van der Waals surface area contributed by atoms with Gasteiger partial charge in [-0.2, -0.15) is 0 Å². The molecule has 3 N–H and O–H groups in total. The molecule has 1 aliphatic rings. The minimum atomic E-state index is -0.261. The Morgan fingerprint density at radius 1 is 1.40 bits per heavy atom. The van der Waals surface area contributed by atoms with Crippen LogP contribution in [0.4, 0.5) is 4.39 Å². The highest BCUT2D eigenvalue weighted by atomic mass is 32.1. The van der Waals surface area contributed by atoms with Gasteiger partial charge in [0.2, 0.25) is 5.91 Å². The molecule has 134 valence electrons. The summed E-state index contributed by atoms with van der Waals surface area (Å²) in [5, 5.41) is 3.91. The molecule has 0 spiro atoms. The van der Waals surface area contributed by atoms with Crippen LogP contribution in [-0.2, 0) is 4.79 Å². The zero-order valence-corrected chi connectivity index (χ0v) is 15.4. The Balaban J connectivity index is 1.66. The number of halogens is 1. The summed E-state index contributed by atoms with van der Waals surface area (Å²) in [5.41, 5.74) is 7.84. The number of carbonyl (C=O) groups is 1. The highest BCUT2D eigenvalue weighted by Crippen LogP contribution is 2.32. The highest BCUT2D eigenvalue weighted by Gasteiger charge is 2.27. The molecule has 1 amide bonds. The SMILES string of the molecule is Cc1nc(-c2ccc(F)cc2)sc1C(C)NC(=O)C[C@@H]1CCC[C@H]1N. The van der Waals surface area contributed by atoms with E-state index in [-0.39, 0.29) is 23.8 Å². The predicted molar refractivity (Wildman–Crippen MR) is 98.7 cm³/mol. The average Bonchev–Trinajstić information content (AvgIpc) is 3.14. The fourth-order valence-corrected chi connectivity index (χ4v) is 4.52. The van der Waals surface area contributed by atoms with Gasteiger partial charge in [0.15, 0.2) is 0 Å². The highest BCUT2D eigenvalue weighted by molar-refractivity contribution is 7.15. The van der Waals surface area contributed by atoms with Gasteiger partial charge in [0.1, 0.15) is 10.8 Å². The van der Waals surface area contributed by atoms with Gasteiger partial charge in [-0.1, -0.05) is 6.42 Å². The van der Waals surface area contributed by atoms with E-state index in [2.05, 4.69) is 10.3 Å². The second kappa shape index (κ2) is 7.62. The maximum absolute atomic E-state index is 13.1. The van der Waals surface area contributed by atoms with E-state index < -0.39 is 0 Å². The van der Waals surface area contributed by atoms with Crippen molar-refractivity contribution in [2.45, 2.75) is 51.6 Å². The number of thiazole rings is 1. The van der Waals surface area contributed by atoms with Gasteiger partial charge in [0, 0.05) is 18.0 Å². The van der Waals surface area contributed by atoms with Crippen LogP contribution in [0, 0.1) is 18.7 Å². The summed E-state index contributed by atoms with van der Waals surface area (Å²) in [4.78, 5) is 17.9. The topological polar surface area (TPSA) is 68.0 Å². The number of rotatable bonds is 5. The lowest BCUT2D eigenvalue weighted by Gasteiger charge is -2.17. The van der Waals surface area contributed by atoms with Crippen LogP contribution in [0.1, 0.15) is 49.2 Å². The van der Waals surface area contributed by atoms with E-state index in [0.29, 0.717) is 12.3 Å². The summed E-state index contributed by atoms with van der Waals surface area (Å²) in [6.07, 6.45) is 3.66. The number of aryl methyl sites for hydroxylation is 1. The van der Waals surface area contributed by atoms with Crippen LogP contribution in [0.15, 0.2) is 24.3 Å². The predicted octanol–water partition coefficient (Wildman–Crippen LogP) is 3.95. The van der Waals surface area contributed by atoms with E-state index in [0.717, 1.165) is 40.4 Å². The summed E-state index contributed by atoms with van der Waals surface area (Å²) < 4.78 is 13.1. The third-order valence-corrected chi connectivity index (χ3v) is 6.25. The summed E-state index contributed by atoms with van der Waals surface area (Å²) in [6, 6.07) is 6.36. The lowest BCUT2D eigenvalue weighted by Crippen LogP contribution is -2.32. The van der Waals surface area contributed by atoms with E-state index in [9.17, 15) is 9.18 Å². The molecule has 25 heavy (non-hydrogen) atoms. The molecule has 1 saturated carbocycles. The normalized spacial score (nSPS) is 21.3. The van der Waals surface area contributed by atoms with E-state index in [1.54, 1.807) is 12.1 Å². The molecule has 6 heteroatoms. The van der Waals surface area contributed by atoms with Crippen LogP contribution in [0.25, 0.3) is 10.6 Å². The Morgan fingerprint density at radius 2 is 2.12 bits per heavy atom. The van der Waals surface area contributed by atoms with Gasteiger partial charge in [-0.25, -0.2) is 9.37 Å². The monoisotopic (exact) mass is 361 g/mol. The van der Waals surface area contributed by atoms with Gasteiger partial charge in [-0.3, -0.25) is 4.79 Å². The van der Waals surface area contributed by atoms with Crippen molar-refractivity contribution in [3.63, 3.8) is 0 Å². The van der Waals surface area contributed by atoms with Crippen molar-refractivity contribution in [2.75, 3.05) is 0 Å². The fourth-order valence-electron chi connectivity index (χ4n) is 3.45. The molecule has 1 heterocycles. The number of nitrogens with one attached hydrogen (secondary N) is 1. The number of hydrogen-bond donors (Lipinski definition) is 2. The summed E-state index contributed by atoms with van der Waals surface area (Å²) >= 11 is 1.54. The van der Waals surface area contributed by atoms with Gasteiger partial charge >= 0.3 is 0 Å². The molecule has 1 aromatic heterocycles. The molecular weight excluding hydrogens is 337 g/mol. The second-order valence-electron chi connectivity index (χ2n) is 6.82. The summed E-state index contributed by atoms with van der Waals surface area (Å²) in [5.74, 6) is 0.0820. The first-order valence-electron chi connectivity index (χ1n) is 8.72. The Hall–Kier alpha value is -1.79. The molecule has 1 aromatic carbocycles. The third kappa shape index (κ3) is 4.25.